The summed E-state index contributed by atoms with van der Waals surface area (Å²) in [6.07, 6.45) is 4.05. The Labute approximate surface area is 206 Å². The molecule has 2 aliphatic heterocycles. The molecule has 0 radical (unpaired) electrons. The number of aryl methyl sites for hydroxylation is 1. The summed E-state index contributed by atoms with van der Waals surface area (Å²) < 4.78 is 0. The van der Waals surface area contributed by atoms with Gasteiger partial charge in [-0.15, -0.1) is 0 Å². The van der Waals surface area contributed by atoms with E-state index in [2.05, 4.69) is 51.7 Å². The zero-order valence-corrected chi connectivity index (χ0v) is 21.5. The second kappa shape index (κ2) is 9.19. The number of fused-ring (bicyclic) bond motifs is 1. The van der Waals surface area contributed by atoms with Gasteiger partial charge in [-0.1, -0.05) is 43.6 Å². The largest absolute Gasteiger partial charge is 0.366 e. The average molecular weight is 483 g/mol. The van der Waals surface area contributed by atoms with Crippen LogP contribution in [0.15, 0.2) is 41.3 Å². The molecular formula is C27H31ClN2O2S. The van der Waals surface area contributed by atoms with Gasteiger partial charge >= 0.3 is 0 Å². The number of hydrogen-bond donors (Lipinski definition) is 0. The summed E-state index contributed by atoms with van der Waals surface area (Å²) in [6.45, 7) is 12.4. The first-order chi connectivity index (χ1) is 15.6. The van der Waals surface area contributed by atoms with E-state index in [1.54, 1.807) is 6.07 Å². The van der Waals surface area contributed by atoms with Crippen LogP contribution in [0.25, 0.3) is 6.08 Å². The molecule has 6 heteroatoms. The molecule has 2 heterocycles. The molecular weight excluding hydrogens is 452 g/mol. The lowest BCUT2D eigenvalue weighted by atomic mass is 9.79. The van der Waals surface area contributed by atoms with E-state index < -0.39 is 0 Å². The highest BCUT2D eigenvalue weighted by Crippen LogP contribution is 2.45. The summed E-state index contributed by atoms with van der Waals surface area (Å²) in [5.41, 5.74) is 5.59. The number of carbonyl (C=O) groups is 2. The third kappa shape index (κ3) is 4.58. The molecule has 2 aliphatic rings. The molecule has 1 fully saturated rings. The molecule has 2 aromatic rings. The van der Waals surface area contributed by atoms with Crippen LogP contribution in [0.3, 0.4) is 0 Å². The molecule has 0 N–H and O–H groups in total. The maximum Gasteiger partial charge on any atom is 0.293 e. The van der Waals surface area contributed by atoms with Crippen molar-refractivity contribution in [2.45, 2.75) is 65.5 Å². The topological polar surface area (TPSA) is 40.6 Å². The fourth-order valence-electron chi connectivity index (χ4n) is 5.03. The van der Waals surface area contributed by atoms with Crippen LogP contribution < -0.4 is 4.90 Å². The lowest BCUT2D eigenvalue weighted by Crippen LogP contribution is -2.48. The van der Waals surface area contributed by atoms with Crippen molar-refractivity contribution in [3.63, 3.8) is 0 Å². The van der Waals surface area contributed by atoms with E-state index in [1.807, 2.05) is 24.3 Å². The molecule has 0 spiro atoms. The highest BCUT2D eigenvalue weighted by Gasteiger charge is 2.37. The fourth-order valence-corrected chi connectivity index (χ4v) is 6.05. The Hall–Kier alpha value is -2.24. The van der Waals surface area contributed by atoms with Gasteiger partial charge in [0, 0.05) is 22.8 Å². The fraction of sp³-hybridized carbons (Fsp3) is 0.407. The molecule has 33 heavy (non-hydrogen) atoms. The Balaban J connectivity index is 1.66. The van der Waals surface area contributed by atoms with Crippen LogP contribution in [0.5, 0.6) is 0 Å². The molecule has 1 unspecified atom stereocenters. The zero-order valence-electron chi connectivity index (χ0n) is 19.9. The van der Waals surface area contributed by atoms with Crippen molar-refractivity contribution in [3.05, 3.63) is 68.6 Å². The highest BCUT2D eigenvalue weighted by atomic mass is 35.5. The summed E-state index contributed by atoms with van der Waals surface area (Å²) >= 11 is 7.25. The number of rotatable bonds is 5. The second-order valence-electron chi connectivity index (χ2n) is 9.70. The Morgan fingerprint density at radius 2 is 1.94 bits per heavy atom. The van der Waals surface area contributed by atoms with E-state index in [9.17, 15) is 9.59 Å². The zero-order chi connectivity index (χ0) is 23.9. The maximum absolute atomic E-state index is 13.1. The number of anilines is 1. The first kappa shape index (κ1) is 23.9. The predicted molar refractivity (Wildman–Crippen MR) is 139 cm³/mol. The monoisotopic (exact) mass is 482 g/mol. The molecule has 0 aliphatic carbocycles. The summed E-state index contributed by atoms with van der Waals surface area (Å²) in [5.74, 6) is 0.162. The molecule has 174 valence electrons. The minimum absolute atomic E-state index is 0.109. The van der Waals surface area contributed by atoms with Crippen molar-refractivity contribution in [1.29, 1.82) is 0 Å². The number of halogens is 1. The summed E-state index contributed by atoms with van der Waals surface area (Å²) in [5, 5.41) is 0.297. The van der Waals surface area contributed by atoms with Crippen molar-refractivity contribution >= 4 is 46.3 Å². The predicted octanol–water partition coefficient (Wildman–Crippen LogP) is 7.39. The number of carbonyl (C=O) groups excluding carboxylic acids is 2. The van der Waals surface area contributed by atoms with Gasteiger partial charge in [-0.3, -0.25) is 14.5 Å². The summed E-state index contributed by atoms with van der Waals surface area (Å²) in [6, 6.07) is 11.8. The molecule has 1 atom stereocenters. The molecule has 2 aromatic carbocycles. The van der Waals surface area contributed by atoms with Gasteiger partial charge in [-0.05, 0) is 97.8 Å². The van der Waals surface area contributed by atoms with Crippen LogP contribution in [0, 0.1) is 6.92 Å². The lowest BCUT2D eigenvalue weighted by molar-refractivity contribution is -0.123. The van der Waals surface area contributed by atoms with Gasteiger partial charge in [0.1, 0.15) is 0 Å². The third-order valence-corrected chi connectivity index (χ3v) is 7.94. The van der Waals surface area contributed by atoms with Crippen molar-refractivity contribution < 1.29 is 9.59 Å². The quantitative estimate of drug-likeness (QED) is 0.416. The summed E-state index contributed by atoms with van der Waals surface area (Å²) in [7, 11) is 0. The van der Waals surface area contributed by atoms with Gasteiger partial charge in [-0.25, -0.2) is 0 Å². The third-order valence-electron chi connectivity index (χ3n) is 6.67. The maximum atomic E-state index is 13.1. The number of benzene rings is 2. The molecule has 2 amide bonds. The Morgan fingerprint density at radius 3 is 2.64 bits per heavy atom. The van der Waals surface area contributed by atoms with Crippen molar-refractivity contribution in [2.24, 2.45) is 0 Å². The first-order valence-corrected chi connectivity index (χ1v) is 12.7. The lowest BCUT2D eigenvalue weighted by Gasteiger charge is -2.48. The van der Waals surface area contributed by atoms with Crippen LogP contribution >= 0.6 is 23.4 Å². The number of thioether (sulfide) groups is 1. The van der Waals surface area contributed by atoms with Crippen molar-refractivity contribution in [2.75, 3.05) is 11.4 Å². The SMILES string of the molecule is CCCN1c2cc(C)c(/C=C3/SC(=O)N(Cc4ccccc4Cl)C3=O)cc2C(C)CC1(C)C. The van der Waals surface area contributed by atoms with Crippen molar-refractivity contribution in [1.82, 2.24) is 4.90 Å². The van der Waals surface area contributed by atoms with Gasteiger partial charge < -0.3 is 4.90 Å². The normalized spacial score (nSPS) is 21.2. The van der Waals surface area contributed by atoms with Gasteiger partial charge in [0.2, 0.25) is 0 Å². The second-order valence-corrected chi connectivity index (χ2v) is 11.1. The Morgan fingerprint density at radius 1 is 1.21 bits per heavy atom. The van der Waals surface area contributed by atoms with E-state index in [0.717, 1.165) is 47.8 Å². The van der Waals surface area contributed by atoms with Crippen LogP contribution in [0.1, 0.15) is 68.7 Å². The Kier molecular flexibility index (Phi) is 6.66. The van der Waals surface area contributed by atoms with Crippen LogP contribution in [-0.2, 0) is 11.3 Å². The Bertz CT molecular complexity index is 1140. The smallest absolute Gasteiger partial charge is 0.293 e. The molecule has 0 bridgehead atoms. The van der Waals surface area contributed by atoms with Gasteiger partial charge in [0.15, 0.2) is 0 Å². The average Bonchev–Trinajstić information content (AvgIpc) is 3.00. The van der Waals surface area contributed by atoms with Crippen molar-refractivity contribution in [3.8, 4) is 0 Å². The molecule has 4 nitrogen and oxygen atoms in total. The summed E-state index contributed by atoms with van der Waals surface area (Å²) in [4.78, 5) is 30.0. The van der Waals surface area contributed by atoms with E-state index in [4.69, 9.17) is 11.6 Å². The highest BCUT2D eigenvalue weighted by molar-refractivity contribution is 8.18. The number of imide groups is 1. The van der Waals surface area contributed by atoms with E-state index >= 15 is 0 Å². The standard InChI is InChI=1S/C27H31ClN2O2S/c1-6-11-30-23-12-17(2)20(13-21(23)18(3)15-27(30,4)5)14-24-25(31)29(26(32)33-24)16-19-9-7-8-10-22(19)28/h7-10,12-14,18H,6,11,15-16H2,1-5H3/b24-14+. The van der Waals surface area contributed by atoms with E-state index in [1.165, 1.54) is 16.2 Å². The molecule has 0 aromatic heterocycles. The number of nitrogens with zero attached hydrogens (tertiary/aromatic N) is 2. The van der Waals surface area contributed by atoms with Crippen LogP contribution in [0.4, 0.5) is 10.5 Å². The van der Waals surface area contributed by atoms with Crippen LogP contribution in [0.2, 0.25) is 5.02 Å². The van der Waals surface area contributed by atoms with E-state index in [0.29, 0.717) is 15.8 Å². The molecule has 1 saturated heterocycles. The first-order valence-electron chi connectivity index (χ1n) is 11.5. The van der Waals surface area contributed by atoms with Gasteiger partial charge in [0.05, 0.1) is 11.4 Å². The van der Waals surface area contributed by atoms with Gasteiger partial charge in [0.25, 0.3) is 11.1 Å². The number of hydrogen-bond acceptors (Lipinski definition) is 4. The number of amides is 2. The van der Waals surface area contributed by atoms with Crippen LogP contribution in [-0.4, -0.2) is 28.1 Å². The minimum atomic E-state index is -0.260. The van der Waals surface area contributed by atoms with E-state index in [-0.39, 0.29) is 23.2 Å². The minimum Gasteiger partial charge on any atom is -0.366 e. The van der Waals surface area contributed by atoms with Gasteiger partial charge in [-0.2, -0.15) is 0 Å². The molecule has 4 rings (SSSR count). The molecule has 0 saturated carbocycles.